The maximum atomic E-state index is 12.9. The third kappa shape index (κ3) is 3.89. The van der Waals surface area contributed by atoms with E-state index in [1.807, 2.05) is 36.4 Å². The number of hydrogen-bond donors (Lipinski definition) is 1. The predicted octanol–water partition coefficient (Wildman–Crippen LogP) is 3.55. The molecule has 7 heteroatoms. The van der Waals surface area contributed by atoms with Gasteiger partial charge in [0, 0.05) is 41.6 Å². The molecule has 0 aliphatic carbocycles. The molecule has 1 heterocycles. The summed E-state index contributed by atoms with van der Waals surface area (Å²) in [5.74, 6) is 0.361. The van der Waals surface area contributed by atoms with E-state index in [9.17, 15) is 14.4 Å². The highest BCUT2D eigenvalue weighted by atomic mass is 16.5. The summed E-state index contributed by atoms with van der Waals surface area (Å²) in [7, 11) is 3.11. The van der Waals surface area contributed by atoms with Crippen molar-refractivity contribution in [3.63, 3.8) is 0 Å². The fourth-order valence-electron chi connectivity index (χ4n) is 4.06. The van der Waals surface area contributed by atoms with Gasteiger partial charge in [-0.25, -0.2) is 0 Å². The van der Waals surface area contributed by atoms with Gasteiger partial charge in [0.25, 0.3) is 11.8 Å². The Hall–Kier alpha value is -3.87. The SMILES string of the molecule is COc1cccc(CNC(=O)CCCN2C(=O)c3cccc4cccc(c34)C2=O)c1OC. The smallest absolute Gasteiger partial charge is 0.261 e. The van der Waals surface area contributed by atoms with Crippen molar-refractivity contribution in [2.24, 2.45) is 0 Å². The Bertz CT molecular complexity index is 1150. The summed E-state index contributed by atoms with van der Waals surface area (Å²) in [6.45, 7) is 0.467. The Labute approximate surface area is 185 Å². The van der Waals surface area contributed by atoms with Crippen LogP contribution in [-0.2, 0) is 11.3 Å². The average molecular weight is 432 g/mol. The normalized spacial score (nSPS) is 12.8. The first kappa shape index (κ1) is 21.4. The molecule has 4 rings (SSSR count). The van der Waals surface area contributed by atoms with Crippen LogP contribution in [0.25, 0.3) is 10.8 Å². The van der Waals surface area contributed by atoms with Crippen molar-refractivity contribution in [2.75, 3.05) is 20.8 Å². The lowest BCUT2D eigenvalue weighted by molar-refractivity contribution is -0.121. The highest BCUT2D eigenvalue weighted by Gasteiger charge is 2.32. The molecule has 3 aromatic carbocycles. The predicted molar refractivity (Wildman–Crippen MR) is 120 cm³/mol. The van der Waals surface area contributed by atoms with Crippen LogP contribution in [0.1, 0.15) is 39.1 Å². The van der Waals surface area contributed by atoms with Gasteiger partial charge in [-0.15, -0.1) is 0 Å². The van der Waals surface area contributed by atoms with Gasteiger partial charge in [-0.2, -0.15) is 0 Å². The molecular weight excluding hydrogens is 408 g/mol. The van der Waals surface area contributed by atoms with Crippen LogP contribution in [0.3, 0.4) is 0 Å². The van der Waals surface area contributed by atoms with Crippen LogP contribution in [0.15, 0.2) is 54.6 Å². The number of ether oxygens (including phenoxy) is 2. The lowest BCUT2D eigenvalue weighted by atomic mass is 9.94. The molecule has 0 atom stereocenters. The standard InChI is InChI=1S/C25H24N2O5/c1-31-20-12-5-9-17(23(20)32-2)15-26-21(28)13-6-14-27-24(29)18-10-3-7-16-8-4-11-19(22(16)18)25(27)30/h3-5,7-12H,6,13-15H2,1-2H3,(H,26,28). The van der Waals surface area contributed by atoms with Crippen LogP contribution in [-0.4, -0.2) is 43.4 Å². The van der Waals surface area contributed by atoms with Crippen molar-refractivity contribution in [1.82, 2.24) is 10.2 Å². The van der Waals surface area contributed by atoms with Crippen molar-refractivity contribution < 1.29 is 23.9 Å². The first-order valence-electron chi connectivity index (χ1n) is 10.4. The number of para-hydroxylation sites is 1. The zero-order chi connectivity index (χ0) is 22.7. The van der Waals surface area contributed by atoms with E-state index in [0.29, 0.717) is 34.4 Å². The molecule has 0 bridgehead atoms. The Balaban J connectivity index is 1.36. The third-order valence-electron chi connectivity index (χ3n) is 5.60. The third-order valence-corrected chi connectivity index (χ3v) is 5.60. The van der Waals surface area contributed by atoms with Gasteiger partial charge in [-0.05, 0) is 30.0 Å². The Morgan fingerprint density at radius 2 is 1.56 bits per heavy atom. The van der Waals surface area contributed by atoms with Crippen LogP contribution in [0, 0.1) is 0 Å². The van der Waals surface area contributed by atoms with Crippen LogP contribution >= 0.6 is 0 Å². The number of imide groups is 1. The first-order valence-corrected chi connectivity index (χ1v) is 10.4. The fraction of sp³-hybridized carbons (Fsp3) is 0.240. The number of nitrogens with one attached hydrogen (secondary N) is 1. The first-order chi connectivity index (χ1) is 15.5. The van der Waals surface area contributed by atoms with E-state index in [-0.39, 0.29) is 37.2 Å². The number of nitrogens with zero attached hydrogens (tertiary/aromatic N) is 1. The lowest BCUT2D eigenvalue weighted by Gasteiger charge is -2.27. The molecule has 32 heavy (non-hydrogen) atoms. The van der Waals surface area contributed by atoms with Gasteiger partial charge in [0.2, 0.25) is 5.91 Å². The Morgan fingerprint density at radius 3 is 2.19 bits per heavy atom. The van der Waals surface area contributed by atoms with Gasteiger partial charge < -0.3 is 14.8 Å². The minimum atomic E-state index is -0.319. The number of methoxy groups -OCH3 is 2. The van der Waals surface area contributed by atoms with E-state index in [4.69, 9.17) is 9.47 Å². The van der Waals surface area contributed by atoms with Crippen LogP contribution in [0.5, 0.6) is 11.5 Å². The topological polar surface area (TPSA) is 84.9 Å². The minimum Gasteiger partial charge on any atom is -0.493 e. The minimum absolute atomic E-state index is 0.172. The van der Waals surface area contributed by atoms with Crippen molar-refractivity contribution in [3.8, 4) is 11.5 Å². The van der Waals surface area contributed by atoms with Crippen molar-refractivity contribution in [1.29, 1.82) is 0 Å². The van der Waals surface area contributed by atoms with E-state index < -0.39 is 0 Å². The summed E-state index contributed by atoms with van der Waals surface area (Å²) < 4.78 is 10.7. The summed E-state index contributed by atoms with van der Waals surface area (Å²) >= 11 is 0. The van der Waals surface area contributed by atoms with Gasteiger partial charge in [-0.3, -0.25) is 19.3 Å². The Morgan fingerprint density at radius 1 is 0.906 bits per heavy atom. The maximum Gasteiger partial charge on any atom is 0.261 e. The van der Waals surface area contributed by atoms with E-state index in [2.05, 4.69) is 5.32 Å². The number of rotatable bonds is 8. The zero-order valence-electron chi connectivity index (χ0n) is 18.0. The number of carbonyl (C=O) groups excluding carboxylic acids is 3. The Kier molecular flexibility index (Phi) is 6.07. The van der Waals surface area contributed by atoms with Crippen molar-refractivity contribution >= 4 is 28.5 Å². The number of amides is 3. The second-order valence-electron chi connectivity index (χ2n) is 7.50. The van der Waals surface area contributed by atoms with Crippen molar-refractivity contribution in [2.45, 2.75) is 19.4 Å². The lowest BCUT2D eigenvalue weighted by Crippen LogP contribution is -2.41. The van der Waals surface area contributed by atoms with Gasteiger partial charge in [0.1, 0.15) is 0 Å². The second kappa shape index (κ2) is 9.09. The molecule has 1 aliphatic heterocycles. The molecule has 0 radical (unpaired) electrons. The quantitative estimate of drug-likeness (QED) is 0.551. The molecule has 3 amide bonds. The molecule has 0 aromatic heterocycles. The molecule has 0 unspecified atom stereocenters. The van der Waals surface area contributed by atoms with Crippen LogP contribution in [0.4, 0.5) is 0 Å². The largest absolute Gasteiger partial charge is 0.493 e. The van der Waals surface area contributed by atoms with Crippen LogP contribution in [0.2, 0.25) is 0 Å². The maximum absolute atomic E-state index is 12.9. The summed E-state index contributed by atoms with van der Waals surface area (Å²) in [5.41, 5.74) is 1.84. The summed E-state index contributed by atoms with van der Waals surface area (Å²) in [5, 5.41) is 4.42. The van der Waals surface area contributed by atoms with E-state index in [0.717, 1.165) is 10.9 Å². The fourth-order valence-corrected chi connectivity index (χ4v) is 4.06. The highest BCUT2D eigenvalue weighted by Crippen LogP contribution is 2.31. The van der Waals surface area contributed by atoms with E-state index >= 15 is 0 Å². The van der Waals surface area contributed by atoms with Crippen molar-refractivity contribution in [3.05, 3.63) is 71.3 Å². The van der Waals surface area contributed by atoms with E-state index in [1.165, 1.54) is 4.90 Å². The monoisotopic (exact) mass is 432 g/mol. The summed E-state index contributed by atoms with van der Waals surface area (Å²) in [6, 6.07) is 16.3. The molecular formula is C25H24N2O5. The van der Waals surface area contributed by atoms with E-state index in [1.54, 1.807) is 32.4 Å². The number of carbonyl (C=O) groups is 3. The average Bonchev–Trinajstić information content (AvgIpc) is 2.82. The summed E-state index contributed by atoms with van der Waals surface area (Å²) in [4.78, 5) is 39.4. The van der Waals surface area contributed by atoms with Gasteiger partial charge >= 0.3 is 0 Å². The molecule has 0 spiro atoms. The molecule has 3 aromatic rings. The zero-order valence-corrected chi connectivity index (χ0v) is 18.0. The molecule has 1 aliphatic rings. The molecule has 0 fully saturated rings. The molecule has 1 N–H and O–H groups in total. The highest BCUT2D eigenvalue weighted by molar-refractivity contribution is 6.25. The molecule has 0 saturated carbocycles. The molecule has 7 nitrogen and oxygen atoms in total. The van der Waals surface area contributed by atoms with Gasteiger partial charge in [0.05, 0.1) is 14.2 Å². The van der Waals surface area contributed by atoms with Gasteiger partial charge in [0.15, 0.2) is 11.5 Å². The molecule has 164 valence electrons. The van der Waals surface area contributed by atoms with Crippen LogP contribution < -0.4 is 14.8 Å². The molecule has 0 saturated heterocycles. The second-order valence-corrected chi connectivity index (χ2v) is 7.50. The summed E-state index contributed by atoms with van der Waals surface area (Å²) in [6.07, 6.45) is 0.561. The number of benzene rings is 3. The van der Waals surface area contributed by atoms with Gasteiger partial charge in [-0.1, -0.05) is 36.4 Å². The number of hydrogen-bond acceptors (Lipinski definition) is 5.